The van der Waals surface area contributed by atoms with E-state index >= 15 is 0 Å². The van der Waals surface area contributed by atoms with E-state index in [4.69, 9.17) is 10.5 Å². The van der Waals surface area contributed by atoms with Gasteiger partial charge in [0.1, 0.15) is 0 Å². The van der Waals surface area contributed by atoms with Gasteiger partial charge in [-0.15, -0.1) is 0 Å². The van der Waals surface area contributed by atoms with Crippen molar-refractivity contribution in [2.45, 2.75) is 18.8 Å². The maximum absolute atomic E-state index is 13.7. The Morgan fingerprint density at radius 2 is 2.21 bits per heavy atom. The molecule has 1 aliphatic heterocycles. The molecule has 0 saturated carbocycles. The molecule has 3 rings (SSSR count). The molecule has 1 aliphatic rings. The van der Waals surface area contributed by atoms with Crippen LogP contribution >= 0.6 is 0 Å². The van der Waals surface area contributed by atoms with Crippen LogP contribution in [0.2, 0.25) is 0 Å². The summed E-state index contributed by atoms with van der Waals surface area (Å²) in [6, 6.07) is 6.14. The van der Waals surface area contributed by atoms with Gasteiger partial charge in [-0.05, 0) is 25.0 Å². The van der Waals surface area contributed by atoms with E-state index in [1.54, 1.807) is 23.2 Å². The van der Waals surface area contributed by atoms with Crippen LogP contribution in [0.1, 0.15) is 24.5 Å². The minimum atomic E-state index is -0.456. The van der Waals surface area contributed by atoms with Crippen molar-refractivity contribution >= 4 is 5.91 Å². The number of hydrogen-bond donors (Lipinski definition) is 1. The number of nitrogens with zero attached hydrogens (tertiary/aromatic N) is 3. The molecule has 2 N–H and O–H groups in total. The highest BCUT2D eigenvalue weighted by Crippen LogP contribution is 2.28. The van der Waals surface area contributed by atoms with E-state index in [0.29, 0.717) is 13.1 Å². The van der Waals surface area contributed by atoms with Crippen LogP contribution in [0.4, 0.5) is 4.39 Å². The second kappa shape index (κ2) is 7.35. The molecule has 0 aliphatic carbocycles. The number of hydrogen-bond acceptors (Lipinski definition) is 5. The number of nitrogens with two attached hydrogens (primary N) is 1. The SMILES string of the molecule is NCC(=O)N1CCC[C@@H](c2cncc(Oc3ccccc3F)n2)C1. The molecule has 1 atom stereocenters. The third-order valence-electron chi connectivity index (χ3n) is 4.05. The van der Waals surface area contributed by atoms with Crippen molar-refractivity contribution in [1.82, 2.24) is 14.9 Å². The van der Waals surface area contributed by atoms with Crippen molar-refractivity contribution in [3.8, 4) is 11.6 Å². The molecule has 0 unspecified atom stereocenters. The van der Waals surface area contributed by atoms with E-state index in [1.165, 1.54) is 18.3 Å². The summed E-state index contributed by atoms with van der Waals surface area (Å²) in [6.07, 6.45) is 4.90. The average Bonchev–Trinajstić information content (AvgIpc) is 2.63. The van der Waals surface area contributed by atoms with Crippen molar-refractivity contribution in [3.63, 3.8) is 0 Å². The first-order valence-electron chi connectivity index (χ1n) is 7.89. The zero-order chi connectivity index (χ0) is 16.9. The second-order valence-electron chi connectivity index (χ2n) is 5.70. The number of likely N-dealkylation sites (tertiary alicyclic amines) is 1. The van der Waals surface area contributed by atoms with Gasteiger partial charge in [0.25, 0.3) is 0 Å². The molecule has 0 spiro atoms. The van der Waals surface area contributed by atoms with Gasteiger partial charge in [-0.3, -0.25) is 9.78 Å². The fraction of sp³-hybridized carbons (Fsp3) is 0.353. The third-order valence-corrected chi connectivity index (χ3v) is 4.05. The first-order chi connectivity index (χ1) is 11.7. The number of rotatable bonds is 4. The van der Waals surface area contributed by atoms with E-state index in [9.17, 15) is 9.18 Å². The molecule has 1 aromatic carbocycles. The molecular formula is C17H19FN4O2. The molecule has 2 aromatic rings. The van der Waals surface area contributed by atoms with Gasteiger partial charge >= 0.3 is 0 Å². The lowest BCUT2D eigenvalue weighted by atomic mass is 9.95. The topological polar surface area (TPSA) is 81.3 Å². The Morgan fingerprint density at radius 1 is 1.38 bits per heavy atom. The summed E-state index contributed by atoms with van der Waals surface area (Å²) in [7, 11) is 0. The molecule has 6 nitrogen and oxygen atoms in total. The maximum atomic E-state index is 13.7. The molecule has 2 heterocycles. The maximum Gasteiger partial charge on any atom is 0.238 e. The second-order valence-corrected chi connectivity index (χ2v) is 5.70. The average molecular weight is 330 g/mol. The number of piperidine rings is 1. The summed E-state index contributed by atoms with van der Waals surface area (Å²) in [6.45, 7) is 1.29. The monoisotopic (exact) mass is 330 g/mol. The van der Waals surface area contributed by atoms with Crippen LogP contribution in [0.25, 0.3) is 0 Å². The number of carbonyl (C=O) groups is 1. The van der Waals surface area contributed by atoms with Crippen molar-refractivity contribution < 1.29 is 13.9 Å². The molecule has 1 saturated heterocycles. The quantitative estimate of drug-likeness (QED) is 0.928. The molecule has 126 valence electrons. The normalized spacial score (nSPS) is 17.6. The van der Waals surface area contributed by atoms with Crippen molar-refractivity contribution in [2.24, 2.45) is 5.73 Å². The number of benzene rings is 1. The number of aromatic nitrogens is 2. The standard InChI is InChI=1S/C17H19FN4O2/c18-13-5-1-2-6-15(13)24-16-10-20-9-14(21-16)12-4-3-7-22(11-12)17(23)8-19/h1-2,5-6,9-10,12H,3-4,7-8,11,19H2/t12-/m1/s1. The van der Waals surface area contributed by atoms with Gasteiger partial charge in [0.05, 0.1) is 18.4 Å². The first kappa shape index (κ1) is 16.3. The zero-order valence-corrected chi connectivity index (χ0v) is 13.2. The Bertz CT molecular complexity index is 725. The molecule has 7 heteroatoms. The van der Waals surface area contributed by atoms with E-state index in [1.807, 2.05) is 0 Å². The summed E-state index contributed by atoms with van der Waals surface area (Å²) < 4.78 is 19.2. The molecule has 1 aromatic heterocycles. The molecule has 1 fully saturated rings. The number of amides is 1. The summed E-state index contributed by atoms with van der Waals surface area (Å²) in [4.78, 5) is 22.1. The highest BCUT2D eigenvalue weighted by molar-refractivity contribution is 5.78. The Labute approximate surface area is 139 Å². The largest absolute Gasteiger partial charge is 0.434 e. The first-order valence-corrected chi connectivity index (χ1v) is 7.89. The highest BCUT2D eigenvalue weighted by Gasteiger charge is 2.25. The lowest BCUT2D eigenvalue weighted by Gasteiger charge is -2.32. The summed E-state index contributed by atoms with van der Waals surface area (Å²) in [5.74, 6) is -0.105. The van der Waals surface area contributed by atoms with E-state index < -0.39 is 5.82 Å². The number of para-hydroxylation sites is 1. The minimum absolute atomic E-state index is 0.00876. The van der Waals surface area contributed by atoms with Crippen molar-refractivity contribution in [3.05, 3.63) is 48.2 Å². The van der Waals surface area contributed by atoms with Gasteiger partial charge in [0.2, 0.25) is 11.8 Å². The van der Waals surface area contributed by atoms with E-state index in [2.05, 4.69) is 9.97 Å². The number of halogens is 1. The minimum Gasteiger partial charge on any atom is -0.434 e. The van der Waals surface area contributed by atoms with Crippen LogP contribution in [0.15, 0.2) is 36.7 Å². The van der Waals surface area contributed by atoms with Crippen LogP contribution in [0, 0.1) is 5.82 Å². The predicted octanol–water partition coefficient (Wildman–Crippen LogP) is 2.07. The number of ether oxygens (including phenoxy) is 1. The molecule has 0 bridgehead atoms. The van der Waals surface area contributed by atoms with Crippen LogP contribution in [-0.4, -0.2) is 40.4 Å². The van der Waals surface area contributed by atoms with Crippen LogP contribution in [0.5, 0.6) is 11.6 Å². The van der Waals surface area contributed by atoms with E-state index in [0.717, 1.165) is 18.5 Å². The van der Waals surface area contributed by atoms with E-state index in [-0.39, 0.29) is 30.0 Å². The van der Waals surface area contributed by atoms with Crippen molar-refractivity contribution in [2.75, 3.05) is 19.6 Å². The van der Waals surface area contributed by atoms with Crippen molar-refractivity contribution in [1.29, 1.82) is 0 Å². The Hall–Kier alpha value is -2.54. The molecule has 0 radical (unpaired) electrons. The lowest BCUT2D eigenvalue weighted by molar-refractivity contribution is -0.130. The van der Waals surface area contributed by atoms with Gasteiger partial charge in [0.15, 0.2) is 11.6 Å². The van der Waals surface area contributed by atoms with Gasteiger partial charge < -0.3 is 15.4 Å². The summed E-state index contributed by atoms with van der Waals surface area (Å²) in [5, 5.41) is 0. The molecule has 1 amide bonds. The summed E-state index contributed by atoms with van der Waals surface area (Å²) >= 11 is 0. The summed E-state index contributed by atoms with van der Waals surface area (Å²) in [5.41, 5.74) is 6.17. The molecular weight excluding hydrogens is 311 g/mol. The zero-order valence-electron chi connectivity index (χ0n) is 13.2. The highest BCUT2D eigenvalue weighted by atomic mass is 19.1. The van der Waals surface area contributed by atoms with Gasteiger partial charge in [-0.25, -0.2) is 9.37 Å². The van der Waals surface area contributed by atoms with Crippen LogP contribution in [-0.2, 0) is 4.79 Å². The van der Waals surface area contributed by atoms with Gasteiger partial charge in [-0.2, -0.15) is 0 Å². The Morgan fingerprint density at radius 3 is 3.00 bits per heavy atom. The molecule has 24 heavy (non-hydrogen) atoms. The van der Waals surface area contributed by atoms with Crippen LogP contribution < -0.4 is 10.5 Å². The van der Waals surface area contributed by atoms with Gasteiger partial charge in [-0.1, -0.05) is 12.1 Å². The predicted molar refractivity (Wildman–Crippen MR) is 86.1 cm³/mol. The van der Waals surface area contributed by atoms with Gasteiger partial charge in [0, 0.05) is 25.2 Å². The third kappa shape index (κ3) is 3.68. The fourth-order valence-corrected chi connectivity index (χ4v) is 2.82. The fourth-order valence-electron chi connectivity index (χ4n) is 2.82. The lowest BCUT2D eigenvalue weighted by Crippen LogP contribution is -2.42. The Kier molecular flexibility index (Phi) is 5.00. The number of carbonyl (C=O) groups excluding carboxylic acids is 1. The Balaban J connectivity index is 1.75. The van der Waals surface area contributed by atoms with Crippen LogP contribution in [0.3, 0.4) is 0 Å². The smallest absolute Gasteiger partial charge is 0.238 e.